The van der Waals surface area contributed by atoms with Crippen LogP contribution in [-0.4, -0.2) is 34.4 Å². The lowest BCUT2D eigenvalue weighted by Crippen LogP contribution is -2.04. The van der Waals surface area contributed by atoms with Crippen molar-refractivity contribution in [2.45, 2.75) is 85.7 Å². The van der Waals surface area contributed by atoms with Crippen LogP contribution in [0.5, 0.6) is 0 Å². The Morgan fingerprint density at radius 2 is 1.70 bits per heavy atom. The van der Waals surface area contributed by atoms with Gasteiger partial charge < -0.3 is 5.11 Å². The van der Waals surface area contributed by atoms with Gasteiger partial charge in [0.25, 0.3) is 0 Å². The van der Waals surface area contributed by atoms with Gasteiger partial charge in [-0.2, -0.15) is 0 Å². The number of aromatic nitrogens is 2. The van der Waals surface area contributed by atoms with Crippen molar-refractivity contribution in [2.75, 3.05) is 7.05 Å². The van der Waals surface area contributed by atoms with Gasteiger partial charge in [-0.3, -0.25) is 4.99 Å². The first kappa shape index (κ1) is 36.3. The Hall–Kier alpha value is -3.85. The molecule has 1 heterocycles. The quantitative estimate of drug-likeness (QED) is 0.0812. The second kappa shape index (κ2) is 20.2. The number of hydrogen-bond acceptors (Lipinski definition) is 4. The van der Waals surface area contributed by atoms with Gasteiger partial charge in [0.1, 0.15) is 0 Å². The van der Waals surface area contributed by atoms with Gasteiger partial charge in [0.05, 0.1) is 6.10 Å². The average Bonchev–Trinajstić information content (AvgIpc) is 3.05. The molecular formula is C40H53N3O. The van der Waals surface area contributed by atoms with E-state index in [0.717, 1.165) is 71.9 Å². The number of allylic oxidation sites excluding steroid dienone is 8. The summed E-state index contributed by atoms with van der Waals surface area (Å²) < 4.78 is 0. The van der Waals surface area contributed by atoms with Crippen molar-refractivity contribution < 1.29 is 5.11 Å². The van der Waals surface area contributed by atoms with E-state index >= 15 is 0 Å². The summed E-state index contributed by atoms with van der Waals surface area (Å²) in [7, 11) is 1.78. The number of aliphatic imine (C=N–C) groups is 1. The summed E-state index contributed by atoms with van der Waals surface area (Å²) >= 11 is 0. The maximum atomic E-state index is 9.96. The third kappa shape index (κ3) is 12.0. The minimum absolute atomic E-state index is 0.469. The molecule has 3 unspecified atom stereocenters. The molecule has 44 heavy (non-hydrogen) atoms. The van der Waals surface area contributed by atoms with Crippen molar-refractivity contribution in [1.29, 1.82) is 0 Å². The van der Waals surface area contributed by atoms with Crippen LogP contribution < -0.4 is 0 Å². The fourth-order valence-electron chi connectivity index (χ4n) is 5.04. The van der Waals surface area contributed by atoms with Crippen molar-refractivity contribution >= 4 is 17.4 Å². The van der Waals surface area contributed by atoms with Gasteiger partial charge in [0.15, 0.2) is 5.82 Å². The summed E-state index contributed by atoms with van der Waals surface area (Å²) in [4.78, 5) is 13.8. The molecule has 2 rings (SSSR count). The molecule has 0 amide bonds. The number of benzene rings is 1. The van der Waals surface area contributed by atoms with E-state index in [1.165, 1.54) is 12.0 Å². The summed E-state index contributed by atoms with van der Waals surface area (Å²) in [5.74, 6) is 1.86. The van der Waals surface area contributed by atoms with Crippen molar-refractivity contribution in [2.24, 2.45) is 16.8 Å². The lowest BCUT2D eigenvalue weighted by atomic mass is 9.89. The van der Waals surface area contributed by atoms with Gasteiger partial charge >= 0.3 is 0 Å². The highest BCUT2D eigenvalue weighted by atomic mass is 16.3. The highest BCUT2D eigenvalue weighted by Gasteiger charge is 2.11. The second-order valence-corrected chi connectivity index (χ2v) is 11.6. The normalized spacial score (nSPS) is 15.2. The van der Waals surface area contributed by atoms with Crippen LogP contribution in [0.25, 0.3) is 22.5 Å². The van der Waals surface area contributed by atoms with Crippen LogP contribution in [0.15, 0.2) is 108 Å². The van der Waals surface area contributed by atoms with Gasteiger partial charge in [0, 0.05) is 42.4 Å². The van der Waals surface area contributed by atoms with E-state index in [4.69, 9.17) is 9.97 Å². The van der Waals surface area contributed by atoms with Gasteiger partial charge in [-0.15, -0.1) is 12.3 Å². The van der Waals surface area contributed by atoms with Crippen LogP contribution in [0.1, 0.15) is 90.7 Å². The fraction of sp³-hybridized carbons (Fsp3) is 0.400. The zero-order chi connectivity index (χ0) is 32.3. The molecule has 0 aliphatic heterocycles. The molecule has 0 saturated carbocycles. The Bertz CT molecular complexity index is 1380. The lowest BCUT2D eigenvalue weighted by Gasteiger charge is -2.16. The third-order valence-corrected chi connectivity index (χ3v) is 8.16. The van der Waals surface area contributed by atoms with E-state index in [-0.39, 0.29) is 0 Å². The molecule has 1 aromatic carbocycles. The van der Waals surface area contributed by atoms with Crippen molar-refractivity contribution in [3.8, 4) is 11.4 Å². The number of aliphatic hydroxyl groups is 1. The topological polar surface area (TPSA) is 58.4 Å². The van der Waals surface area contributed by atoms with Crippen LogP contribution in [-0.2, 0) is 0 Å². The van der Waals surface area contributed by atoms with Crippen LogP contribution in [0.4, 0.5) is 0 Å². The molecule has 0 spiro atoms. The molecule has 2 aromatic rings. The maximum Gasteiger partial charge on any atom is 0.159 e. The molecule has 1 aromatic heterocycles. The van der Waals surface area contributed by atoms with E-state index in [0.29, 0.717) is 17.7 Å². The largest absolute Gasteiger partial charge is 0.385 e. The Labute approximate surface area is 267 Å². The highest BCUT2D eigenvalue weighted by Crippen LogP contribution is 2.26. The molecule has 0 bridgehead atoms. The average molecular weight is 592 g/mol. The molecule has 0 aliphatic rings. The van der Waals surface area contributed by atoms with Crippen molar-refractivity contribution in [3.63, 3.8) is 0 Å². The molecule has 3 atom stereocenters. The molecule has 4 heteroatoms. The summed E-state index contributed by atoms with van der Waals surface area (Å²) in [6.45, 7) is 18.4. The zero-order valence-electron chi connectivity index (χ0n) is 27.9. The number of aliphatic hydroxyl groups excluding tert-OH is 1. The van der Waals surface area contributed by atoms with Gasteiger partial charge in [-0.1, -0.05) is 94.3 Å². The Kier molecular flexibility index (Phi) is 16.7. The first-order valence-electron chi connectivity index (χ1n) is 16.0. The Morgan fingerprint density at radius 3 is 2.34 bits per heavy atom. The van der Waals surface area contributed by atoms with E-state index in [9.17, 15) is 5.11 Å². The van der Waals surface area contributed by atoms with Gasteiger partial charge in [-0.25, -0.2) is 9.97 Å². The fourth-order valence-corrected chi connectivity index (χ4v) is 5.04. The summed E-state index contributed by atoms with van der Waals surface area (Å²) in [6.07, 6.45) is 24.9. The first-order chi connectivity index (χ1) is 21.3. The number of rotatable bonds is 18. The Morgan fingerprint density at radius 1 is 0.977 bits per heavy atom. The lowest BCUT2D eigenvalue weighted by molar-refractivity contribution is 0.259. The van der Waals surface area contributed by atoms with E-state index in [2.05, 4.69) is 94.1 Å². The standard InChI is InChI=1S/C40H53N3O/c1-9-16-33(20-14-19-32(7)39(44)12-4)31(6)24-25-37(27-41-8)38-28-42-40(43-29-38)36-23-15-22-35(26-36)34(17-10-2)21-13-18-30(5)11-3/h12,15,17,19,21-30,33,39,44H,2,4,9,11,13-14,16,18,20H2,1,3,5-8H3. The maximum absolute atomic E-state index is 9.96. The molecule has 0 radical (unpaired) electrons. The SMILES string of the molecule is C=C=CC(=CCCC(C)CC)c1cccc(-c2ncc(C(C=NC)=CC=C(C)C(CCC)CCC=C(C)C(O)C=C)cn2)c1. The van der Waals surface area contributed by atoms with Crippen LogP contribution in [0.2, 0.25) is 0 Å². The molecule has 0 saturated heterocycles. The molecule has 1 N–H and O–H groups in total. The minimum Gasteiger partial charge on any atom is -0.385 e. The minimum atomic E-state index is -0.569. The second-order valence-electron chi connectivity index (χ2n) is 11.6. The monoisotopic (exact) mass is 591 g/mol. The zero-order valence-corrected chi connectivity index (χ0v) is 27.9. The van der Waals surface area contributed by atoms with Crippen LogP contribution in [0, 0.1) is 11.8 Å². The van der Waals surface area contributed by atoms with Crippen LogP contribution in [0.3, 0.4) is 0 Å². The van der Waals surface area contributed by atoms with E-state index in [1.807, 2.05) is 37.7 Å². The summed E-state index contributed by atoms with van der Waals surface area (Å²) in [5.41, 5.74) is 10.3. The van der Waals surface area contributed by atoms with Crippen molar-refractivity contribution in [3.05, 3.63) is 114 Å². The smallest absolute Gasteiger partial charge is 0.159 e. The summed E-state index contributed by atoms with van der Waals surface area (Å²) in [6, 6.07) is 8.35. The predicted molar refractivity (Wildman–Crippen MR) is 192 cm³/mol. The summed E-state index contributed by atoms with van der Waals surface area (Å²) in [5, 5.41) is 9.96. The number of hydrogen-bond donors (Lipinski definition) is 1. The first-order valence-corrected chi connectivity index (χ1v) is 16.0. The van der Waals surface area contributed by atoms with Crippen molar-refractivity contribution in [1.82, 2.24) is 9.97 Å². The van der Waals surface area contributed by atoms with Gasteiger partial charge in [-0.05, 0) is 86.6 Å². The van der Waals surface area contributed by atoms with Gasteiger partial charge in [0.2, 0.25) is 0 Å². The third-order valence-electron chi connectivity index (χ3n) is 8.16. The predicted octanol–water partition coefficient (Wildman–Crippen LogP) is 10.4. The molecule has 4 nitrogen and oxygen atoms in total. The van der Waals surface area contributed by atoms with E-state index in [1.54, 1.807) is 13.1 Å². The molecule has 0 aliphatic carbocycles. The highest BCUT2D eigenvalue weighted by molar-refractivity contribution is 6.10. The number of nitrogens with zero attached hydrogens (tertiary/aromatic N) is 3. The van der Waals surface area contributed by atoms with E-state index < -0.39 is 6.10 Å². The van der Waals surface area contributed by atoms with Crippen LogP contribution >= 0.6 is 0 Å². The molecule has 234 valence electrons. The molecule has 0 fully saturated rings. The molecular weight excluding hydrogens is 538 g/mol. The Balaban J connectivity index is 2.28.